The van der Waals surface area contributed by atoms with Gasteiger partial charge in [-0.3, -0.25) is 0 Å². The van der Waals surface area contributed by atoms with E-state index in [9.17, 15) is 0 Å². The Morgan fingerprint density at radius 2 is 0.816 bits per heavy atom. The molecule has 0 heterocycles. The molecule has 8 saturated carbocycles. The highest BCUT2D eigenvalue weighted by atomic mass is 14.7. The van der Waals surface area contributed by atoms with Gasteiger partial charge in [-0.2, -0.15) is 0 Å². The quantitative estimate of drug-likeness (QED) is 0.324. The van der Waals surface area contributed by atoms with Crippen LogP contribution in [-0.2, 0) is 0 Å². The van der Waals surface area contributed by atoms with Crippen molar-refractivity contribution in [3.05, 3.63) is 0 Å². The zero-order valence-electron chi connectivity index (χ0n) is 26.3. The first-order chi connectivity index (χ1) is 17.9. The third-order valence-corrected chi connectivity index (χ3v) is 17.5. The molecule has 0 aromatic carbocycles. The second-order valence-electron chi connectivity index (χ2n) is 19.5. The Labute approximate surface area is 236 Å². The summed E-state index contributed by atoms with van der Waals surface area (Å²) in [5, 5.41) is 0. The third-order valence-electron chi connectivity index (χ3n) is 17.5. The summed E-state index contributed by atoms with van der Waals surface area (Å²) < 4.78 is 0. The Balaban J connectivity index is 1.07. The van der Waals surface area contributed by atoms with Gasteiger partial charge in [0.1, 0.15) is 0 Å². The highest BCUT2D eigenvalue weighted by molar-refractivity contribution is 5.18. The Morgan fingerprint density at radius 1 is 0.395 bits per heavy atom. The summed E-state index contributed by atoms with van der Waals surface area (Å²) in [7, 11) is 0. The van der Waals surface area contributed by atoms with Gasteiger partial charge in [0, 0.05) is 0 Å². The van der Waals surface area contributed by atoms with Crippen LogP contribution in [0.1, 0.15) is 157 Å². The molecule has 4 bridgehead atoms. The molecule has 0 saturated heterocycles. The lowest BCUT2D eigenvalue weighted by molar-refractivity contribution is -0.145. The lowest BCUT2D eigenvalue weighted by atomic mass is 9.41. The minimum absolute atomic E-state index is 0.586. The van der Waals surface area contributed by atoms with E-state index in [4.69, 9.17) is 0 Å². The maximum atomic E-state index is 2.81. The van der Waals surface area contributed by atoms with E-state index in [1.54, 1.807) is 89.9 Å². The van der Waals surface area contributed by atoms with E-state index in [0.29, 0.717) is 21.7 Å². The Bertz CT molecular complexity index is 895. The van der Waals surface area contributed by atoms with Gasteiger partial charge in [-0.25, -0.2) is 0 Å². The van der Waals surface area contributed by atoms with Crippen molar-refractivity contribution < 1.29 is 0 Å². The van der Waals surface area contributed by atoms with Gasteiger partial charge in [0.15, 0.2) is 0 Å². The fraction of sp³-hybridized carbons (Fsp3) is 1.00. The fourth-order valence-electron chi connectivity index (χ4n) is 16.6. The molecule has 8 aliphatic rings. The minimum Gasteiger partial charge on any atom is -0.0596 e. The predicted octanol–water partition coefficient (Wildman–Crippen LogP) is 11.1. The van der Waals surface area contributed by atoms with Crippen molar-refractivity contribution in [2.75, 3.05) is 0 Å². The molecule has 8 fully saturated rings. The Hall–Kier alpha value is 0. The van der Waals surface area contributed by atoms with Crippen molar-refractivity contribution in [2.24, 2.45) is 79.8 Å². The molecule has 8 rings (SSSR count). The molecule has 0 N–H and O–H groups in total. The van der Waals surface area contributed by atoms with Gasteiger partial charge < -0.3 is 0 Å². The van der Waals surface area contributed by atoms with Crippen LogP contribution in [0.25, 0.3) is 0 Å². The summed E-state index contributed by atoms with van der Waals surface area (Å²) in [6.45, 7) is 16.2. The molecule has 0 unspecified atom stereocenters. The van der Waals surface area contributed by atoms with Crippen molar-refractivity contribution in [1.29, 1.82) is 0 Å². The maximum Gasteiger partial charge on any atom is -0.0258 e. The van der Waals surface area contributed by atoms with Gasteiger partial charge in [-0.05, 0) is 183 Å². The van der Waals surface area contributed by atoms with Crippen molar-refractivity contribution in [3.63, 3.8) is 0 Å². The molecule has 0 radical (unpaired) electrons. The van der Waals surface area contributed by atoms with Crippen LogP contribution in [0, 0.1) is 79.8 Å². The van der Waals surface area contributed by atoms with E-state index in [1.807, 2.05) is 0 Å². The lowest BCUT2D eigenvalue weighted by Crippen LogP contribution is -2.55. The number of hydrogen-bond acceptors (Lipinski definition) is 0. The highest BCUT2D eigenvalue weighted by Crippen LogP contribution is 2.77. The van der Waals surface area contributed by atoms with E-state index >= 15 is 0 Å². The average Bonchev–Trinajstić information content (AvgIpc) is 3.26. The maximum absolute atomic E-state index is 2.81. The predicted molar refractivity (Wildman–Crippen MR) is 160 cm³/mol. The van der Waals surface area contributed by atoms with E-state index < -0.39 is 0 Å². The first-order valence-corrected chi connectivity index (χ1v) is 17.9. The lowest BCUT2D eigenvalue weighted by Gasteiger charge is -2.64. The third kappa shape index (κ3) is 3.17. The van der Waals surface area contributed by atoms with E-state index in [1.165, 1.54) is 25.7 Å². The number of rotatable bonds is 1. The molecule has 0 aromatic heterocycles. The standard InChI is InChI=1S/C38H62/c1-33(2)15-7-17-35(5)29(33)13-19-37-21-25(9-11-31(35)37)27(23-37)28-24-38-20-14-30-34(3,4)16-8-18-36(30,6)32(38)12-10-26(28)22-38/h25-32H,7-24H2,1-6H3/t25-,26-,27-,28-,29-,30-,31+,32+,35-,36-,37+,38+/m1/s1. The summed E-state index contributed by atoms with van der Waals surface area (Å²) in [4.78, 5) is 0. The zero-order chi connectivity index (χ0) is 26.3. The monoisotopic (exact) mass is 518 g/mol. The van der Waals surface area contributed by atoms with Crippen molar-refractivity contribution in [2.45, 2.75) is 157 Å². The van der Waals surface area contributed by atoms with Gasteiger partial charge >= 0.3 is 0 Å². The largest absolute Gasteiger partial charge is 0.0596 e. The van der Waals surface area contributed by atoms with Gasteiger partial charge in [0.25, 0.3) is 0 Å². The van der Waals surface area contributed by atoms with Crippen LogP contribution in [0.3, 0.4) is 0 Å². The molecule has 12 atom stereocenters. The smallest absolute Gasteiger partial charge is 0.0258 e. The molecular weight excluding hydrogens is 456 g/mol. The molecule has 8 aliphatic carbocycles. The van der Waals surface area contributed by atoms with Crippen LogP contribution in [0.4, 0.5) is 0 Å². The summed E-state index contributed by atoms with van der Waals surface area (Å²) in [5.41, 5.74) is 3.96. The van der Waals surface area contributed by atoms with Crippen molar-refractivity contribution in [1.82, 2.24) is 0 Å². The second-order valence-corrected chi connectivity index (χ2v) is 19.5. The van der Waals surface area contributed by atoms with E-state index in [2.05, 4.69) is 41.5 Å². The zero-order valence-corrected chi connectivity index (χ0v) is 26.3. The van der Waals surface area contributed by atoms with Crippen molar-refractivity contribution >= 4 is 0 Å². The molecule has 0 aromatic rings. The van der Waals surface area contributed by atoms with Gasteiger partial charge in [-0.15, -0.1) is 0 Å². The first-order valence-electron chi connectivity index (χ1n) is 17.9. The SMILES string of the molecule is CC1(C)CCC[C@]2(C)[C@@H]1CC[C@@]13C[C@@H](CC[C@H]12)[C@H]([C@@H]1C[C@@]24CC[C@@H]5C(C)(C)CCC[C@@]5(C)[C@@H]2CC[C@@H]1C4)C3. The Kier molecular flexibility index (Phi) is 5.33. The molecule has 0 nitrogen and oxygen atoms in total. The Morgan fingerprint density at radius 3 is 1.24 bits per heavy atom. The van der Waals surface area contributed by atoms with Gasteiger partial charge in [0.2, 0.25) is 0 Å². The van der Waals surface area contributed by atoms with Crippen LogP contribution < -0.4 is 0 Å². The number of fused-ring (bicyclic) bond motifs is 6. The molecule has 214 valence electrons. The average molecular weight is 519 g/mol. The summed E-state index contributed by atoms with van der Waals surface area (Å²) >= 11 is 0. The molecule has 0 aliphatic heterocycles. The second kappa shape index (κ2) is 7.88. The topological polar surface area (TPSA) is 0 Å². The first kappa shape index (κ1) is 25.7. The minimum atomic E-state index is 0.586. The number of hydrogen-bond donors (Lipinski definition) is 0. The van der Waals surface area contributed by atoms with Crippen LogP contribution in [-0.4, -0.2) is 0 Å². The molecule has 0 heteroatoms. The summed E-state index contributed by atoms with van der Waals surface area (Å²) in [6, 6.07) is 0. The molecule has 2 spiro atoms. The molecular formula is C38H62. The van der Waals surface area contributed by atoms with Crippen molar-refractivity contribution in [3.8, 4) is 0 Å². The fourth-order valence-corrected chi connectivity index (χ4v) is 16.6. The molecule has 38 heavy (non-hydrogen) atoms. The van der Waals surface area contributed by atoms with E-state index in [0.717, 1.165) is 58.2 Å². The van der Waals surface area contributed by atoms with Crippen LogP contribution in [0.2, 0.25) is 0 Å². The van der Waals surface area contributed by atoms with Gasteiger partial charge in [0.05, 0.1) is 0 Å². The molecule has 0 amide bonds. The normalized spacial score (nSPS) is 59.8. The van der Waals surface area contributed by atoms with E-state index in [-0.39, 0.29) is 0 Å². The summed E-state index contributed by atoms with van der Waals surface area (Å²) in [6.07, 6.45) is 28.5. The van der Waals surface area contributed by atoms with Crippen LogP contribution >= 0.6 is 0 Å². The van der Waals surface area contributed by atoms with Crippen LogP contribution in [0.5, 0.6) is 0 Å². The summed E-state index contributed by atoms with van der Waals surface area (Å²) in [5.74, 6) is 8.51. The van der Waals surface area contributed by atoms with Gasteiger partial charge in [-0.1, -0.05) is 54.4 Å². The highest BCUT2D eigenvalue weighted by Gasteiger charge is 2.68. The van der Waals surface area contributed by atoms with Crippen LogP contribution in [0.15, 0.2) is 0 Å².